The summed E-state index contributed by atoms with van der Waals surface area (Å²) < 4.78 is 6.01. The van der Waals surface area contributed by atoms with Crippen LogP contribution in [0, 0.1) is 50.7 Å². The van der Waals surface area contributed by atoms with E-state index in [1.165, 1.54) is 38.5 Å². The van der Waals surface area contributed by atoms with Gasteiger partial charge in [0.1, 0.15) is 6.29 Å². The Morgan fingerprint density at radius 2 is 1.56 bits per heavy atom. The molecule has 5 aliphatic carbocycles. The van der Waals surface area contributed by atoms with Crippen LogP contribution < -0.4 is 0 Å². The fourth-order valence-corrected chi connectivity index (χ4v) is 11.3. The van der Waals surface area contributed by atoms with Gasteiger partial charge in [0.2, 0.25) is 0 Å². The number of aliphatic hydroxyl groups is 1. The molecular formula is C31H50O3. The van der Waals surface area contributed by atoms with Gasteiger partial charge in [0.15, 0.2) is 0 Å². The molecule has 0 aliphatic heterocycles. The highest BCUT2D eigenvalue weighted by molar-refractivity contribution is 5.61. The number of carbonyl (C=O) groups is 1. The molecule has 0 amide bonds. The van der Waals surface area contributed by atoms with Gasteiger partial charge in [-0.05, 0) is 110 Å². The molecule has 0 aromatic carbocycles. The van der Waals surface area contributed by atoms with Crippen LogP contribution in [-0.2, 0) is 9.53 Å². The third-order valence-electron chi connectivity index (χ3n) is 13.0. The Bertz CT molecular complexity index is 861. The lowest BCUT2D eigenvalue weighted by molar-refractivity contribution is -0.171. The van der Waals surface area contributed by atoms with Crippen molar-refractivity contribution in [2.24, 2.45) is 50.7 Å². The summed E-state index contributed by atoms with van der Waals surface area (Å²) in [5.74, 6) is 2.27. The van der Waals surface area contributed by atoms with Gasteiger partial charge in [-0.3, -0.25) is 0 Å². The molecule has 0 aromatic heterocycles. The van der Waals surface area contributed by atoms with E-state index in [1.54, 1.807) is 5.57 Å². The molecule has 0 aromatic rings. The predicted octanol–water partition coefficient (Wildman–Crippen LogP) is 6.97. The van der Waals surface area contributed by atoms with Crippen LogP contribution in [0.4, 0.5) is 0 Å². The molecule has 3 heteroatoms. The molecule has 3 nitrogen and oxygen atoms in total. The fourth-order valence-electron chi connectivity index (χ4n) is 11.3. The Hall–Kier alpha value is -0.670. The number of allylic oxidation sites excluding steroid dienone is 2. The fraction of sp³-hybridized carbons (Fsp3) is 0.903. The van der Waals surface area contributed by atoms with E-state index < -0.39 is 11.5 Å². The van der Waals surface area contributed by atoms with Crippen molar-refractivity contribution in [1.82, 2.24) is 0 Å². The number of carbonyl (C=O) groups excluding carboxylic acids is 1. The average molecular weight is 471 g/mol. The molecule has 5 aliphatic rings. The molecule has 1 N–H and O–H groups in total. The first-order valence-electron chi connectivity index (χ1n) is 14.3. The maximum atomic E-state index is 12.3. The highest BCUT2D eigenvalue weighted by Crippen LogP contribution is 2.69. The Morgan fingerprint density at radius 1 is 0.853 bits per heavy atom. The van der Waals surface area contributed by atoms with E-state index in [0.717, 1.165) is 32.0 Å². The van der Waals surface area contributed by atoms with Gasteiger partial charge in [0, 0.05) is 7.11 Å². The Balaban J connectivity index is 1.51. The van der Waals surface area contributed by atoms with Crippen molar-refractivity contribution < 1.29 is 14.6 Å². The first kappa shape index (κ1) is 25.0. The summed E-state index contributed by atoms with van der Waals surface area (Å²) in [5.41, 5.74) is 2.07. The Kier molecular flexibility index (Phi) is 5.82. The van der Waals surface area contributed by atoms with Crippen molar-refractivity contribution in [3.63, 3.8) is 0 Å². The van der Waals surface area contributed by atoms with Gasteiger partial charge >= 0.3 is 0 Å². The smallest absolute Gasteiger partial charge is 0.128 e. The first-order valence-corrected chi connectivity index (χ1v) is 14.3. The van der Waals surface area contributed by atoms with Gasteiger partial charge in [-0.15, -0.1) is 0 Å². The lowest BCUT2D eigenvalue weighted by Crippen LogP contribution is -2.58. The molecular weight excluding hydrogens is 420 g/mol. The maximum Gasteiger partial charge on any atom is 0.128 e. The predicted molar refractivity (Wildman–Crippen MR) is 137 cm³/mol. The molecule has 0 bridgehead atoms. The molecule has 192 valence electrons. The summed E-state index contributed by atoms with van der Waals surface area (Å²) in [6.45, 7) is 14.7. The van der Waals surface area contributed by atoms with Gasteiger partial charge < -0.3 is 14.6 Å². The number of aldehydes is 1. The number of methoxy groups -OCH3 is 1. The van der Waals surface area contributed by atoms with E-state index in [9.17, 15) is 9.90 Å². The van der Waals surface area contributed by atoms with Crippen molar-refractivity contribution in [3.8, 4) is 0 Å². The maximum absolute atomic E-state index is 12.3. The van der Waals surface area contributed by atoms with E-state index in [2.05, 4.69) is 40.7 Å². The van der Waals surface area contributed by atoms with Gasteiger partial charge in [-0.1, -0.05) is 53.2 Å². The molecule has 0 saturated heterocycles. The molecule has 5 rings (SSSR count). The van der Waals surface area contributed by atoms with Crippen LogP contribution in [0.5, 0.6) is 0 Å². The number of aliphatic hydroxyl groups excluding tert-OH is 1. The second kappa shape index (κ2) is 7.91. The van der Waals surface area contributed by atoms with Crippen LogP contribution in [-0.4, -0.2) is 30.7 Å². The number of fused-ring (bicyclic) bond motifs is 6. The lowest BCUT2D eigenvalue weighted by Gasteiger charge is -2.63. The highest BCUT2D eigenvalue weighted by atomic mass is 16.5. The van der Waals surface area contributed by atoms with Gasteiger partial charge in [0.05, 0.1) is 17.6 Å². The van der Waals surface area contributed by atoms with E-state index in [-0.39, 0.29) is 22.2 Å². The van der Waals surface area contributed by atoms with E-state index >= 15 is 0 Å². The molecule has 10 atom stereocenters. The zero-order valence-electron chi connectivity index (χ0n) is 23.0. The van der Waals surface area contributed by atoms with Gasteiger partial charge in [-0.25, -0.2) is 0 Å². The molecule has 4 saturated carbocycles. The third-order valence-corrected chi connectivity index (χ3v) is 13.0. The lowest BCUT2D eigenvalue weighted by atomic mass is 9.42. The number of rotatable bonds is 2. The van der Waals surface area contributed by atoms with Crippen molar-refractivity contribution in [1.29, 1.82) is 0 Å². The van der Waals surface area contributed by atoms with Crippen LogP contribution in [0.3, 0.4) is 0 Å². The summed E-state index contributed by atoms with van der Waals surface area (Å²) in [7, 11) is 1.91. The standard InChI is InChI=1S/C31H50O3/c1-27(2)22-12-15-28(3)18-20-8-10-24-29(4,16-13-25(33)31(24,6)19-32)21(20)9-11-23(28)30(22,5)17-14-26(27)34-7/h18-19,21-26,33H,8-17H2,1-7H3/t21-,22-,23-,24+,25-,26-,28-,29+,30-,31+/m0/s1. The van der Waals surface area contributed by atoms with Crippen molar-refractivity contribution >= 4 is 6.29 Å². The van der Waals surface area contributed by atoms with Gasteiger partial charge in [0.25, 0.3) is 0 Å². The summed E-state index contributed by atoms with van der Waals surface area (Å²) >= 11 is 0. The summed E-state index contributed by atoms with van der Waals surface area (Å²) in [6.07, 6.45) is 15.3. The molecule has 34 heavy (non-hydrogen) atoms. The van der Waals surface area contributed by atoms with Crippen molar-refractivity contribution in [2.45, 2.75) is 118 Å². The van der Waals surface area contributed by atoms with E-state index in [0.29, 0.717) is 29.3 Å². The van der Waals surface area contributed by atoms with Crippen LogP contribution in [0.25, 0.3) is 0 Å². The number of ether oxygens (including phenoxy) is 1. The molecule has 0 heterocycles. The second-order valence-corrected chi connectivity index (χ2v) is 14.7. The quantitative estimate of drug-likeness (QED) is 0.350. The largest absolute Gasteiger partial charge is 0.392 e. The second-order valence-electron chi connectivity index (χ2n) is 14.7. The third kappa shape index (κ3) is 3.17. The monoisotopic (exact) mass is 470 g/mol. The minimum absolute atomic E-state index is 0.121. The first-order chi connectivity index (χ1) is 15.9. The molecule has 0 spiro atoms. The number of hydrogen-bond donors (Lipinski definition) is 1. The Labute approximate surface area is 208 Å². The van der Waals surface area contributed by atoms with E-state index in [1.807, 2.05) is 14.0 Å². The van der Waals surface area contributed by atoms with Crippen LogP contribution in [0.2, 0.25) is 0 Å². The van der Waals surface area contributed by atoms with Crippen molar-refractivity contribution in [3.05, 3.63) is 11.6 Å². The van der Waals surface area contributed by atoms with Crippen molar-refractivity contribution in [2.75, 3.05) is 7.11 Å². The van der Waals surface area contributed by atoms with Crippen LogP contribution in [0.15, 0.2) is 11.6 Å². The summed E-state index contributed by atoms with van der Waals surface area (Å²) in [6, 6.07) is 0. The number of hydrogen-bond acceptors (Lipinski definition) is 3. The SMILES string of the molecule is CO[C@H]1CC[C@]2(C)[C@H]3CC[C@H]4C(=C[C@]3(C)CC[C@H]2C1(C)C)CC[C@H]1[C@@](C)(C=O)[C@@H](O)CC[C@]41C. The summed E-state index contributed by atoms with van der Waals surface area (Å²) in [5, 5.41) is 10.8. The average Bonchev–Trinajstić information content (AvgIpc) is 2.93. The molecule has 0 radical (unpaired) electrons. The Morgan fingerprint density at radius 3 is 2.24 bits per heavy atom. The zero-order chi connectivity index (χ0) is 24.7. The topological polar surface area (TPSA) is 46.5 Å². The zero-order valence-corrected chi connectivity index (χ0v) is 23.0. The highest BCUT2D eigenvalue weighted by Gasteiger charge is 2.63. The van der Waals surface area contributed by atoms with E-state index in [4.69, 9.17) is 4.74 Å². The van der Waals surface area contributed by atoms with Gasteiger partial charge in [-0.2, -0.15) is 0 Å². The molecule has 4 fully saturated rings. The molecule has 0 unspecified atom stereocenters. The summed E-state index contributed by atoms with van der Waals surface area (Å²) in [4.78, 5) is 12.3. The minimum atomic E-state index is -0.596. The normalized spacial score (nSPS) is 54.4. The minimum Gasteiger partial charge on any atom is -0.392 e. The van der Waals surface area contributed by atoms with Crippen LogP contribution >= 0.6 is 0 Å². The van der Waals surface area contributed by atoms with Crippen LogP contribution in [0.1, 0.15) is 106 Å².